The molecule has 5 nitrogen and oxygen atoms in total. The van der Waals surface area contributed by atoms with Gasteiger partial charge < -0.3 is 14.8 Å². The Morgan fingerprint density at radius 2 is 2.22 bits per heavy atom. The van der Waals surface area contributed by atoms with E-state index in [0.717, 1.165) is 32.5 Å². The zero-order valence-electron chi connectivity index (χ0n) is 11.6. The van der Waals surface area contributed by atoms with E-state index in [0.29, 0.717) is 18.5 Å². The van der Waals surface area contributed by atoms with Gasteiger partial charge in [0.2, 0.25) is 0 Å². The second-order valence-corrected chi connectivity index (χ2v) is 5.42. The fourth-order valence-electron chi connectivity index (χ4n) is 2.90. The molecule has 5 heteroatoms. The van der Waals surface area contributed by atoms with Crippen LogP contribution in [0.1, 0.15) is 19.3 Å². The molecule has 104 valence electrons. The second-order valence-electron chi connectivity index (χ2n) is 5.42. The summed E-state index contributed by atoms with van der Waals surface area (Å²) in [5, 5.41) is 3.23. The summed E-state index contributed by atoms with van der Waals surface area (Å²) in [6.45, 7) is 2.28. The Balaban J connectivity index is 2.06. The highest BCUT2D eigenvalue weighted by Crippen LogP contribution is 2.41. The van der Waals surface area contributed by atoms with E-state index in [1.807, 2.05) is 7.05 Å². The van der Waals surface area contributed by atoms with Gasteiger partial charge in [-0.2, -0.15) is 0 Å². The molecule has 1 N–H and O–H groups in total. The molecule has 1 saturated carbocycles. The fourth-order valence-corrected chi connectivity index (χ4v) is 2.90. The predicted octanol–water partition coefficient (Wildman–Crippen LogP) is 0.248. The molecule has 2 atom stereocenters. The van der Waals surface area contributed by atoms with Crippen molar-refractivity contribution in [2.24, 2.45) is 5.92 Å². The van der Waals surface area contributed by atoms with Crippen LogP contribution in [0.2, 0.25) is 0 Å². The summed E-state index contributed by atoms with van der Waals surface area (Å²) in [7, 11) is 5.39. The largest absolute Gasteiger partial charge is 0.468 e. The molecule has 2 rings (SSSR count). The summed E-state index contributed by atoms with van der Waals surface area (Å²) in [5.74, 6) is 0.262. The van der Waals surface area contributed by atoms with Gasteiger partial charge in [0.25, 0.3) is 0 Å². The highest BCUT2D eigenvalue weighted by Gasteiger charge is 2.52. The van der Waals surface area contributed by atoms with Gasteiger partial charge in [-0.05, 0) is 39.3 Å². The lowest BCUT2D eigenvalue weighted by Gasteiger charge is -2.36. The summed E-state index contributed by atoms with van der Waals surface area (Å²) >= 11 is 0. The van der Waals surface area contributed by atoms with E-state index in [1.54, 1.807) is 0 Å². The van der Waals surface area contributed by atoms with Crippen LogP contribution < -0.4 is 5.32 Å². The van der Waals surface area contributed by atoms with Crippen molar-refractivity contribution in [3.63, 3.8) is 0 Å². The van der Waals surface area contributed by atoms with Crippen molar-refractivity contribution in [2.45, 2.75) is 30.8 Å². The number of ether oxygens (including phenoxy) is 2. The maximum Gasteiger partial charge on any atom is 0.327 e. The van der Waals surface area contributed by atoms with Gasteiger partial charge in [0.05, 0.1) is 13.7 Å². The molecule has 1 aliphatic carbocycles. The number of carbonyl (C=O) groups is 1. The van der Waals surface area contributed by atoms with Crippen molar-refractivity contribution < 1.29 is 14.3 Å². The van der Waals surface area contributed by atoms with Crippen LogP contribution in [0.3, 0.4) is 0 Å². The smallest absolute Gasteiger partial charge is 0.327 e. The SMILES string of the molecule is CNC(CN(C)C1CCOC1)(C(=O)OC)C1CC1. The number of hydrogen-bond acceptors (Lipinski definition) is 5. The van der Waals surface area contributed by atoms with Crippen LogP contribution in [0.5, 0.6) is 0 Å². The molecule has 0 amide bonds. The summed E-state index contributed by atoms with van der Waals surface area (Å²) in [6, 6.07) is 0.418. The van der Waals surface area contributed by atoms with Crippen molar-refractivity contribution in [2.75, 3.05) is 41.0 Å². The third-order valence-electron chi connectivity index (χ3n) is 4.30. The monoisotopic (exact) mass is 256 g/mol. The average Bonchev–Trinajstić information content (AvgIpc) is 3.09. The molecule has 1 saturated heterocycles. The first kappa shape index (κ1) is 13.8. The van der Waals surface area contributed by atoms with Gasteiger partial charge in [-0.3, -0.25) is 4.90 Å². The van der Waals surface area contributed by atoms with Crippen molar-refractivity contribution in [3.8, 4) is 0 Å². The Kier molecular flexibility index (Phi) is 4.25. The number of carbonyl (C=O) groups excluding carboxylic acids is 1. The topological polar surface area (TPSA) is 50.8 Å². The molecule has 1 heterocycles. The van der Waals surface area contributed by atoms with Crippen LogP contribution in [0.25, 0.3) is 0 Å². The van der Waals surface area contributed by atoms with Crippen LogP contribution in [0, 0.1) is 5.92 Å². The zero-order valence-corrected chi connectivity index (χ0v) is 11.6. The predicted molar refractivity (Wildman–Crippen MR) is 68.4 cm³/mol. The maximum absolute atomic E-state index is 12.2. The molecule has 18 heavy (non-hydrogen) atoms. The van der Waals surface area contributed by atoms with Gasteiger partial charge in [0, 0.05) is 19.2 Å². The van der Waals surface area contributed by atoms with Crippen LogP contribution in [-0.4, -0.2) is 63.4 Å². The highest BCUT2D eigenvalue weighted by atomic mass is 16.5. The molecule has 2 fully saturated rings. The number of nitrogens with zero attached hydrogens (tertiary/aromatic N) is 1. The van der Waals surface area contributed by atoms with E-state index in [9.17, 15) is 4.79 Å². The number of nitrogens with one attached hydrogen (secondary N) is 1. The molecule has 1 aliphatic heterocycles. The maximum atomic E-state index is 12.2. The summed E-state index contributed by atoms with van der Waals surface area (Å²) in [5.41, 5.74) is -0.550. The molecule has 0 bridgehead atoms. The third kappa shape index (κ3) is 2.53. The Morgan fingerprint density at radius 3 is 2.67 bits per heavy atom. The van der Waals surface area contributed by atoms with Gasteiger partial charge in [-0.15, -0.1) is 0 Å². The summed E-state index contributed by atoms with van der Waals surface area (Å²) in [6.07, 6.45) is 3.25. The van der Waals surface area contributed by atoms with Crippen molar-refractivity contribution >= 4 is 5.97 Å². The van der Waals surface area contributed by atoms with E-state index >= 15 is 0 Å². The van der Waals surface area contributed by atoms with Crippen LogP contribution in [0.4, 0.5) is 0 Å². The average molecular weight is 256 g/mol. The van der Waals surface area contributed by atoms with Gasteiger partial charge in [0.1, 0.15) is 5.54 Å². The van der Waals surface area contributed by atoms with E-state index in [2.05, 4.69) is 17.3 Å². The van der Waals surface area contributed by atoms with Crippen molar-refractivity contribution in [3.05, 3.63) is 0 Å². The van der Waals surface area contributed by atoms with E-state index < -0.39 is 5.54 Å². The molecule has 0 aromatic rings. The van der Waals surface area contributed by atoms with E-state index in [-0.39, 0.29) is 5.97 Å². The zero-order chi connectivity index (χ0) is 13.2. The summed E-state index contributed by atoms with van der Waals surface area (Å²) < 4.78 is 10.4. The molecule has 0 aromatic heterocycles. The lowest BCUT2D eigenvalue weighted by molar-refractivity contribution is -0.150. The second kappa shape index (κ2) is 5.55. The lowest BCUT2D eigenvalue weighted by Crippen LogP contribution is -2.60. The third-order valence-corrected chi connectivity index (χ3v) is 4.30. The Hall–Kier alpha value is -0.650. The molecule has 0 aromatic carbocycles. The first-order chi connectivity index (χ1) is 8.64. The first-order valence-electron chi connectivity index (χ1n) is 6.69. The van der Waals surface area contributed by atoms with Gasteiger partial charge in [-0.1, -0.05) is 0 Å². The lowest BCUT2D eigenvalue weighted by atomic mass is 9.92. The van der Waals surface area contributed by atoms with Gasteiger partial charge in [0.15, 0.2) is 0 Å². The fraction of sp³-hybridized carbons (Fsp3) is 0.923. The Bertz CT molecular complexity index is 301. The number of methoxy groups -OCH3 is 1. The van der Waals surface area contributed by atoms with Crippen LogP contribution >= 0.6 is 0 Å². The normalized spacial score (nSPS) is 27.2. The van der Waals surface area contributed by atoms with Gasteiger partial charge >= 0.3 is 5.97 Å². The minimum absolute atomic E-state index is 0.140. The molecule has 0 radical (unpaired) electrons. The minimum Gasteiger partial charge on any atom is -0.468 e. The number of likely N-dealkylation sites (N-methyl/N-ethyl adjacent to an activating group) is 2. The first-order valence-corrected chi connectivity index (χ1v) is 6.69. The molecule has 0 spiro atoms. The minimum atomic E-state index is -0.550. The molecular formula is C13H24N2O3. The number of esters is 1. The van der Waals surface area contributed by atoms with Crippen LogP contribution in [-0.2, 0) is 14.3 Å². The van der Waals surface area contributed by atoms with E-state index in [1.165, 1.54) is 7.11 Å². The van der Waals surface area contributed by atoms with Gasteiger partial charge in [-0.25, -0.2) is 4.79 Å². The van der Waals surface area contributed by atoms with E-state index in [4.69, 9.17) is 9.47 Å². The molecule has 2 aliphatic rings. The van der Waals surface area contributed by atoms with Crippen LogP contribution in [0.15, 0.2) is 0 Å². The van der Waals surface area contributed by atoms with Crippen molar-refractivity contribution in [1.82, 2.24) is 10.2 Å². The van der Waals surface area contributed by atoms with Crippen molar-refractivity contribution in [1.29, 1.82) is 0 Å². The number of hydrogen-bond donors (Lipinski definition) is 1. The summed E-state index contributed by atoms with van der Waals surface area (Å²) in [4.78, 5) is 14.4. The standard InChI is InChI=1S/C13H24N2O3/c1-14-13(10-4-5-10,12(16)17-3)9-15(2)11-6-7-18-8-11/h10-11,14H,4-9H2,1-3H3. The molecular weight excluding hydrogens is 232 g/mol. The Morgan fingerprint density at radius 1 is 1.50 bits per heavy atom. The highest BCUT2D eigenvalue weighted by molar-refractivity contribution is 5.82. The molecule has 2 unspecified atom stereocenters. The quantitative estimate of drug-likeness (QED) is 0.690. The Labute approximate surface area is 109 Å². The number of rotatable bonds is 6.